The fourth-order valence-electron chi connectivity index (χ4n) is 0.832. The molecule has 0 amide bonds. The number of unbranched alkanes of at least 4 members (excludes halogenated alkanes) is 2. The predicted molar refractivity (Wildman–Crippen MR) is 51.1 cm³/mol. The molecule has 0 rings (SSSR count). The van der Waals surface area contributed by atoms with Crippen molar-refractivity contribution >= 4 is 0 Å². The molecule has 0 aliphatic heterocycles. The molecule has 0 unspecified atom stereocenters. The van der Waals surface area contributed by atoms with Crippen LogP contribution in [0.2, 0.25) is 0 Å². The van der Waals surface area contributed by atoms with Gasteiger partial charge < -0.3 is 0 Å². The summed E-state index contributed by atoms with van der Waals surface area (Å²) in [6.45, 7) is 6.53. The zero-order valence-electron chi connectivity index (χ0n) is 8.04. The highest BCUT2D eigenvalue weighted by molar-refractivity contribution is 4.98. The van der Waals surface area contributed by atoms with Gasteiger partial charge >= 0.3 is 0 Å². The van der Waals surface area contributed by atoms with Crippen LogP contribution in [-0.4, -0.2) is 0 Å². The molecular formula is C11H19. The van der Waals surface area contributed by atoms with Crippen molar-refractivity contribution in [1.29, 1.82) is 0 Å². The molecule has 0 aromatic heterocycles. The van der Waals surface area contributed by atoms with E-state index in [2.05, 4.69) is 32.6 Å². The minimum absolute atomic E-state index is 1.06. The second-order valence-electron chi connectivity index (χ2n) is 3.16. The minimum atomic E-state index is 1.06. The van der Waals surface area contributed by atoms with Crippen molar-refractivity contribution < 1.29 is 0 Å². The lowest BCUT2D eigenvalue weighted by Gasteiger charge is -1.98. The minimum Gasteiger partial charge on any atom is -0.103 e. The molecule has 0 heteroatoms. The second kappa shape index (κ2) is 7.66. The average molecular weight is 151 g/mol. The van der Waals surface area contributed by atoms with Gasteiger partial charge in [0.1, 0.15) is 0 Å². The quantitative estimate of drug-likeness (QED) is 0.425. The molecule has 11 heavy (non-hydrogen) atoms. The van der Waals surface area contributed by atoms with Crippen LogP contribution in [0.3, 0.4) is 0 Å². The highest BCUT2D eigenvalue weighted by Gasteiger charge is 1.91. The van der Waals surface area contributed by atoms with Gasteiger partial charge in [-0.05, 0) is 25.2 Å². The Morgan fingerprint density at radius 3 is 2.27 bits per heavy atom. The van der Waals surface area contributed by atoms with Crippen molar-refractivity contribution in [1.82, 2.24) is 0 Å². The highest BCUT2D eigenvalue weighted by Crippen LogP contribution is 2.07. The Morgan fingerprint density at radius 2 is 1.73 bits per heavy atom. The number of rotatable bonds is 4. The molecule has 0 aromatic rings. The van der Waals surface area contributed by atoms with E-state index >= 15 is 0 Å². The maximum absolute atomic E-state index is 3.18. The molecule has 0 fully saturated rings. The Morgan fingerprint density at radius 1 is 1.09 bits per heavy atom. The fraction of sp³-hybridized carbons (Fsp3) is 0.727. The van der Waals surface area contributed by atoms with Gasteiger partial charge in [0, 0.05) is 12.8 Å². The summed E-state index contributed by atoms with van der Waals surface area (Å²) in [5.74, 6) is 7.84. The normalized spacial score (nSPS) is 9.45. The lowest BCUT2D eigenvalue weighted by atomic mass is 10.1. The van der Waals surface area contributed by atoms with Crippen LogP contribution in [0.25, 0.3) is 0 Å². The van der Waals surface area contributed by atoms with Gasteiger partial charge in [-0.1, -0.05) is 20.8 Å². The van der Waals surface area contributed by atoms with E-state index in [1.54, 1.807) is 0 Å². The molecule has 0 saturated carbocycles. The maximum atomic E-state index is 3.18. The summed E-state index contributed by atoms with van der Waals surface area (Å²) in [5.41, 5.74) is 0. The molecule has 0 nitrogen and oxygen atoms in total. The topological polar surface area (TPSA) is 0 Å². The molecule has 0 aliphatic rings. The van der Waals surface area contributed by atoms with Crippen LogP contribution in [0, 0.1) is 17.8 Å². The summed E-state index contributed by atoms with van der Waals surface area (Å²) in [7, 11) is 0. The first-order valence-electron chi connectivity index (χ1n) is 4.52. The third-order valence-corrected chi connectivity index (χ3v) is 1.48. The molecule has 0 bridgehead atoms. The second-order valence-corrected chi connectivity index (χ2v) is 3.16. The third kappa shape index (κ3) is 9.56. The SMILES string of the molecule is CCCC#CCCC[C](C)C. The lowest BCUT2D eigenvalue weighted by molar-refractivity contribution is 0.768. The van der Waals surface area contributed by atoms with Gasteiger partial charge in [0.2, 0.25) is 0 Å². The van der Waals surface area contributed by atoms with Gasteiger partial charge in [-0.2, -0.15) is 0 Å². The molecule has 0 saturated heterocycles. The van der Waals surface area contributed by atoms with E-state index < -0.39 is 0 Å². The Hall–Kier alpha value is -0.440. The largest absolute Gasteiger partial charge is 0.103 e. The molecule has 0 spiro atoms. The van der Waals surface area contributed by atoms with Crippen LogP contribution in [0.15, 0.2) is 0 Å². The molecular weight excluding hydrogens is 132 g/mol. The molecule has 0 aromatic carbocycles. The van der Waals surface area contributed by atoms with Crippen LogP contribution in [-0.2, 0) is 0 Å². The molecule has 0 heterocycles. The summed E-state index contributed by atoms with van der Waals surface area (Å²) in [6.07, 6.45) is 5.80. The van der Waals surface area contributed by atoms with Gasteiger partial charge in [0.05, 0.1) is 0 Å². The zero-order chi connectivity index (χ0) is 8.53. The fourth-order valence-corrected chi connectivity index (χ4v) is 0.832. The van der Waals surface area contributed by atoms with Gasteiger partial charge in [0.25, 0.3) is 0 Å². The summed E-state index contributed by atoms with van der Waals surface area (Å²) in [4.78, 5) is 0. The molecule has 0 atom stereocenters. The Labute approximate surface area is 71.4 Å². The molecule has 63 valence electrons. The van der Waals surface area contributed by atoms with E-state index in [0.717, 1.165) is 12.8 Å². The summed E-state index contributed by atoms with van der Waals surface area (Å²) < 4.78 is 0. The van der Waals surface area contributed by atoms with Gasteiger partial charge in [0.15, 0.2) is 0 Å². The van der Waals surface area contributed by atoms with Gasteiger partial charge in [-0.15, -0.1) is 11.8 Å². The highest BCUT2D eigenvalue weighted by atomic mass is 14.0. The first kappa shape index (κ1) is 10.6. The van der Waals surface area contributed by atoms with Crippen LogP contribution in [0.1, 0.15) is 52.9 Å². The van der Waals surface area contributed by atoms with Gasteiger partial charge in [-0.3, -0.25) is 0 Å². The monoisotopic (exact) mass is 151 g/mol. The third-order valence-electron chi connectivity index (χ3n) is 1.48. The van der Waals surface area contributed by atoms with Crippen LogP contribution in [0.4, 0.5) is 0 Å². The summed E-state index contributed by atoms with van der Waals surface area (Å²) in [6, 6.07) is 0. The van der Waals surface area contributed by atoms with Crippen molar-refractivity contribution in [3.8, 4) is 11.8 Å². The Kier molecular flexibility index (Phi) is 7.36. The van der Waals surface area contributed by atoms with E-state index in [9.17, 15) is 0 Å². The van der Waals surface area contributed by atoms with Gasteiger partial charge in [-0.25, -0.2) is 0 Å². The van der Waals surface area contributed by atoms with Crippen molar-refractivity contribution in [2.45, 2.75) is 52.9 Å². The van der Waals surface area contributed by atoms with Crippen LogP contribution >= 0.6 is 0 Å². The average Bonchev–Trinajstić information content (AvgIpc) is 1.96. The lowest BCUT2D eigenvalue weighted by Crippen LogP contribution is -1.82. The zero-order valence-corrected chi connectivity index (χ0v) is 8.04. The number of hydrogen-bond donors (Lipinski definition) is 0. The van der Waals surface area contributed by atoms with Crippen molar-refractivity contribution in [3.63, 3.8) is 0 Å². The van der Waals surface area contributed by atoms with Crippen LogP contribution < -0.4 is 0 Å². The van der Waals surface area contributed by atoms with E-state index in [-0.39, 0.29) is 0 Å². The smallest absolute Gasteiger partial charge is 0.00888 e. The van der Waals surface area contributed by atoms with Crippen molar-refractivity contribution in [3.05, 3.63) is 5.92 Å². The van der Waals surface area contributed by atoms with Crippen molar-refractivity contribution in [2.75, 3.05) is 0 Å². The first-order chi connectivity index (χ1) is 5.27. The molecule has 1 radical (unpaired) electrons. The number of hydrogen-bond acceptors (Lipinski definition) is 0. The summed E-state index contributed by atoms with van der Waals surface area (Å²) >= 11 is 0. The maximum Gasteiger partial charge on any atom is 0.00888 e. The molecule has 0 aliphatic carbocycles. The Balaban J connectivity index is 3.09. The Bertz CT molecular complexity index is 123. The van der Waals surface area contributed by atoms with Crippen molar-refractivity contribution in [2.24, 2.45) is 0 Å². The van der Waals surface area contributed by atoms with E-state index in [1.165, 1.54) is 25.2 Å². The van der Waals surface area contributed by atoms with E-state index in [0.29, 0.717) is 0 Å². The van der Waals surface area contributed by atoms with Crippen LogP contribution in [0.5, 0.6) is 0 Å². The first-order valence-corrected chi connectivity index (χ1v) is 4.52. The standard InChI is InChI=1S/C11H19/c1-4-5-6-7-8-9-10-11(2)3/h4-5,8-10H2,1-3H3. The summed E-state index contributed by atoms with van der Waals surface area (Å²) in [5, 5.41) is 0. The molecule has 0 N–H and O–H groups in total. The predicted octanol–water partition coefficient (Wildman–Crippen LogP) is 3.57. The van der Waals surface area contributed by atoms with E-state index in [4.69, 9.17) is 0 Å². The van der Waals surface area contributed by atoms with E-state index in [1.807, 2.05) is 0 Å².